The van der Waals surface area contributed by atoms with Gasteiger partial charge in [0.25, 0.3) is 0 Å². The van der Waals surface area contributed by atoms with Gasteiger partial charge >= 0.3 is 12.1 Å². The van der Waals surface area contributed by atoms with E-state index in [2.05, 4.69) is 16.0 Å². The van der Waals surface area contributed by atoms with Gasteiger partial charge in [0.2, 0.25) is 0 Å². The molecule has 1 unspecified atom stereocenters. The smallest absolute Gasteiger partial charge is 0.410 e. The summed E-state index contributed by atoms with van der Waals surface area (Å²) in [6.45, 7) is 3.20. The van der Waals surface area contributed by atoms with Gasteiger partial charge < -0.3 is 25.4 Å². The van der Waals surface area contributed by atoms with Crippen LogP contribution in [0.25, 0.3) is 0 Å². The quantitative estimate of drug-likeness (QED) is 0.705. The summed E-state index contributed by atoms with van der Waals surface area (Å²) in [6, 6.07) is 6.02. The number of carbonyl (C=O) groups excluding carboxylic acids is 2. The summed E-state index contributed by atoms with van der Waals surface area (Å²) >= 11 is 0. The molecular formula is C19H25FN4O4. The number of hydrogen-bond acceptors (Lipinski definition) is 5. The first-order valence-corrected chi connectivity index (χ1v) is 9.60. The largest absolute Gasteiger partial charge is 0.447 e. The van der Waals surface area contributed by atoms with Crippen molar-refractivity contribution in [2.45, 2.75) is 23.9 Å². The van der Waals surface area contributed by atoms with Gasteiger partial charge in [-0.15, -0.1) is 0 Å². The normalized spacial score (nSPS) is 29.8. The number of hydrogen-bond donors (Lipinski definition) is 3. The summed E-state index contributed by atoms with van der Waals surface area (Å²) in [4.78, 5) is 26.1. The van der Waals surface area contributed by atoms with Crippen LogP contribution in [0.4, 0.5) is 14.0 Å². The number of piperidine rings is 1. The first-order valence-electron chi connectivity index (χ1n) is 9.60. The maximum atomic E-state index is 13.2. The van der Waals surface area contributed by atoms with Crippen LogP contribution in [0.1, 0.15) is 17.9 Å². The Kier molecular flexibility index (Phi) is 5.36. The van der Waals surface area contributed by atoms with Crippen molar-refractivity contribution in [3.63, 3.8) is 0 Å². The van der Waals surface area contributed by atoms with Gasteiger partial charge in [0.15, 0.2) is 0 Å². The fourth-order valence-corrected chi connectivity index (χ4v) is 4.19. The van der Waals surface area contributed by atoms with Gasteiger partial charge in [-0.1, -0.05) is 12.1 Å². The van der Waals surface area contributed by atoms with E-state index in [-0.39, 0.29) is 43.1 Å². The van der Waals surface area contributed by atoms with E-state index in [0.717, 1.165) is 18.5 Å². The zero-order chi connectivity index (χ0) is 19.6. The molecule has 3 amide bonds. The zero-order valence-corrected chi connectivity index (χ0v) is 15.6. The predicted molar refractivity (Wildman–Crippen MR) is 98.6 cm³/mol. The highest BCUT2D eigenvalue weighted by molar-refractivity contribution is 5.75. The molecule has 8 nitrogen and oxygen atoms in total. The lowest BCUT2D eigenvalue weighted by molar-refractivity contribution is -0.0254. The molecule has 0 aromatic heterocycles. The van der Waals surface area contributed by atoms with E-state index in [1.807, 2.05) is 0 Å². The molecule has 1 aromatic carbocycles. The van der Waals surface area contributed by atoms with Crippen molar-refractivity contribution in [1.82, 2.24) is 20.9 Å². The third-order valence-electron chi connectivity index (χ3n) is 5.76. The van der Waals surface area contributed by atoms with Crippen molar-refractivity contribution >= 4 is 12.1 Å². The standard InChI is InChI=1S/C19H25FN4O4/c20-14-3-1-13(2-4-14)15-5-6-21-9-16(15)23-17(25)22-10-19-11-27-8-7-24(19)18(26)28-12-19/h1-4,15-16,21H,5-12H2,(H2,22,23,25)/t15-,16-,19?/m0/s1. The first kappa shape index (κ1) is 18.9. The second kappa shape index (κ2) is 7.92. The van der Waals surface area contributed by atoms with E-state index < -0.39 is 5.54 Å². The van der Waals surface area contributed by atoms with Crippen LogP contribution in [-0.4, -0.2) is 74.6 Å². The van der Waals surface area contributed by atoms with Crippen molar-refractivity contribution in [3.8, 4) is 0 Å². The zero-order valence-electron chi connectivity index (χ0n) is 15.6. The predicted octanol–water partition coefficient (Wildman–Crippen LogP) is 0.792. The molecular weight excluding hydrogens is 367 g/mol. The molecule has 0 saturated carbocycles. The van der Waals surface area contributed by atoms with Crippen molar-refractivity contribution in [2.75, 3.05) is 46.0 Å². The van der Waals surface area contributed by atoms with Crippen molar-refractivity contribution in [1.29, 1.82) is 0 Å². The number of ether oxygens (including phenoxy) is 2. The second-order valence-corrected chi connectivity index (χ2v) is 7.57. The number of cyclic esters (lactones) is 1. The van der Waals surface area contributed by atoms with Crippen molar-refractivity contribution in [2.24, 2.45) is 0 Å². The number of halogens is 1. The number of fused-ring (bicyclic) bond motifs is 1. The fraction of sp³-hybridized carbons (Fsp3) is 0.579. The van der Waals surface area contributed by atoms with Gasteiger partial charge in [-0.3, -0.25) is 4.90 Å². The Hall–Kier alpha value is -2.39. The Bertz CT molecular complexity index is 731. The third-order valence-corrected chi connectivity index (χ3v) is 5.76. The van der Waals surface area contributed by atoms with Crippen LogP contribution >= 0.6 is 0 Å². The van der Waals surface area contributed by atoms with E-state index >= 15 is 0 Å². The molecule has 3 atom stereocenters. The minimum atomic E-state index is -0.645. The lowest BCUT2D eigenvalue weighted by atomic mass is 9.86. The minimum Gasteiger partial charge on any atom is -0.447 e. The average molecular weight is 392 g/mol. The van der Waals surface area contributed by atoms with Crippen LogP contribution in [-0.2, 0) is 9.47 Å². The average Bonchev–Trinajstić information content (AvgIpc) is 3.05. The Morgan fingerprint density at radius 2 is 2.14 bits per heavy atom. The number of morpholine rings is 1. The Morgan fingerprint density at radius 1 is 1.32 bits per heavy atom. The van der Waals surface area contributed by atoms with E-state index in [4.69, 9.17) is 9.47 Å². The summed E-state index contributed by atoms with van der Waals surface area (Å²) < 4.78 is 23.9. The summed E-state index contributed by atoms with van der Waals surface area (Å²) in [5.41, 5.74) is 0.363. The Morgan fingerprint density at radius 3 is 2.96 bits per heavy atom. The van der Waals surface area contributed by atoms with E-state index in [1.54, 1.807) is 17.0 Å². The summed E-state index contributed by atoms with van der Waals surface area (Å²) in [7, 11) is 0. The van der Waals surface area contributed by atoms with E-state index in [1.165, 1.54) is 12.1 Å². The van der Waals surface area contributed by atoms with Gasteiger partial charge in [-0.2, -0.15) is 0 Å². The summed E-state index contributed by atoms with van der Waals surface area (Å²) in [6.07, 6.45) is 0.489. The van der Waals surface area contributed by atoms with E-state index in [9.17, 15) is 14.0 Å². The molecule has 0 radical (unpaired) electrons. The molecule has 1 aromatic rings. The molecule has 3 aliphatic heterocycles. The molecule has 9 heteroatoms. The number of nitrogens with one attached hydrogen (secondary N) is 3. The summed E-state index contributed by atoms with van der Waals surface area (Å²) in [5, 5.41) is 9.18. The van der Waals surface area contributed by atoms with E-state index in [0.29, 0.717) is 26.3 Å². The summed E-state index contributed by atoms with van der Waals surface area (Å²) in [5.74, 6) is -0.163. The molecule has 3 saturated heterocycles. The number of nitrogens with zero attached hydrogens (tertiary/aromatic N) is 1. The highest BCUT2D eigenvalue weighted by atomic mass is 19.1. The molecule has 152 valence electrons. The van der Waals surface area contributed by atoms with Crippen LogP contribution < -0.4 is 16.0 Å². The van der Waals surface area contributed by atoms with Gasteiger partial charge in [-0.05, 0) is 30.7 Å². The number of rotatable bonds is 4. The van der Waals surface area contributed by atoms with Crippen LogP contribution in [0.3, 0.4) is 0 Å². The lowest BCUT2D eigenvalue weighted by Gasteiger charge is -2.39. The van der Waals surface area contributed by atoms with Gasteiger partial charge in [0, 0.05) is 31.6 Å². The molecule has 3 heterocycles. The van der Waals surface area contributed by atoms with Crippen LogP contribution in [0.15, 0.2) is 24.3 Å². The van der Waals surface area contributed by atoms with Crippen molar-refractivity contribution < 1.29 is 23.5 Å². The van der Waals surface area contributed by atoms with Crippen LogP contribution in [0.5, 0.6) is 0 Å². The number of urea groups is 1. The highest BCUT2D eigenvalue weighted by Crippen LogP contribution is 2.28. The minimum absolute atomic E-state index is 0.108. The second-order valence-electron chi connectivity index (χ2n) is 7.57. The molecule has 0 spiro atoms. The van der Waals surface area contributed by atoms with Crippen LogP contribution in [0, 0.1) is 5.82 Å². The Labute approximate surface area is 162 Å². The maximum absolute atomic E-state index is 13.2. The Balaban J connectivity index is 1.37. The maximum Gasteiger partial charge on any atom is 0.410 e. The monoisotopic (exact) mass is 392 g/mol. The molecule has 0 aliphatic carbocycles. The SMILES string of the molecule is O=C(NCC12COCCN1C(=O)OC2)N[C@H]1CNCC[C@H]1c1ccc(F)cc1. The highest BCUT2D eigenvalue weighted by Gasteiger charge is 2.49. The number of amides is 3. The van der Waals surface area contributed by atoms with Gasteiger partial charge in [0.05, 0.1) is 13.2 Å². The lowest BCUT2D eigenvalue weighted by Crippen LogP contribution is -2.62. The molecule has 3 fully saturated rings. The topological polar surface area (TPSA) is 91.9 Å². The van der Waals surface area contributed by atoms with Crippen LogP contribution in [0.2, 0.25) is 0 Å². The molecule has 3 N–H and O–H groups in total. The fourth-order valence-electron chi connectivity index (χ4n) is 4.19. The molecule has 28 heavy (non-hydrogen) atoms. The molecule has 0 bridgehead atoms. The molecule has 4 rings (SSSR count). The third kappa shape index (κ3) is 3.77. The number of benzene rings is 1. The molecule has 3 aliphatic rings. The van der Waals surface area contributed by atoms with Gasteiger partial charge in [0.1, 0.15) is 18.0 Å². The number of carbonyl (C=O) groups is 2. The van der Waals surface area contributed by atoms with Crippen molar-refractivity contribution in [3.05, 3.63) is 35.6 Å². The first-order chi connectivity index (χ1) is 13.6. The van der Waals surface area contributed by atoms with Gasteiger partial charge in [-0.25, -0.2) is 14.0 Å².